The van der Waals surface area contributed by atoms with Gasteiger partial charge in [0.05, 0.1) is 10.6 Å². The molecular weight excluding hydrogens is 302 g/mol. The van der Waals surface area contributed by atoms with E-state index in [0.29, 0.717) is 23.7 Å². The van der Waals surface area contributed by atoms with Crippen molar-refractivity contribution in [1.82, 2.24) is 0 Å². The average molecular weight is 319 g/mol. The molecule has 0 spiro atoms. The Kier molecular flexibility index (Phi) is 3.70. The number of hydrogen-bond acceptors (Lipinski definition) is 4. The molecule has 0 aromatic heterocycles. The summed E-state index contributed by atoms with van der Waals surface area (Å²) in [4.78, 5) is 0.276. The van der Waals surface area contributed by atoms with Crippen molar-refractivity contribution in [2.45, 2.75) is 18.7 Å². The lowest BCUT2D eigenvalue weighted by Crippen LogP contribution is -2.30. The molecule has 2 aromatic carbocycles. The molecule has 0 radical (unpaired) electrons. The van der Waals surface area contributed by atoms with Crippen LogP contribution in [0.3, 0.4) is 0 Å². The number of aryl methyl sites for hydroxylation is 1. The van der Waals surface area contributed by atoms with Gasteiger partial charge in [0, 0.05) is 12.6 Å². The van der Waals surface area contributed by atoms with Crippen molar-refractivity contribution in [3.05, 3.63) is 48.0 Å². The molecule has 0 aliphatic carbocycles. The molecule has 1 aliphatic heterocycles. The molecule has 1 aliphatic rings. The fraction of sp³-hybridized carbons (Fsp3) is 0.250. The van der Waals surface area contributed by atoms with E-state index in [1.54, 1.807) is 49.4 Å². The van der Waals surface area contributed by atoms with Gasteiger partial charge in [-0.05, 0) is 38.1 Å². The normalized spacial score (nSPS) is 13.2. The van der Waals surface area contributed by atoms with Gasteiger partial charge in [-0.15, -0.1) is 0 Å². The number of rotatable bonds is 4. The van der Waals surface area contributed by atoms with E-state index in [1.807, 2.05) is 6.92 Å². The Morgan fingerprint density at radius 2 is 1.73 bits per heavy atom. The quantitative estimate of drug-likeness (QED) is 0.869. The molecule has 0 bridgehead atoms. The Hall–Kier alpha value is -2.21. The predicted molar refractivity (Wildman–Crippen MR) is 83.9 cm³/mol. The lowest BCUT2D eigenvalue weighted by atomic mass is 10.2. The van der Waals surface area contributed by atoms with Crippen molar-refractivity contribution in [3.8, 4) is 11.5 Å². The van der Waals surface area contributed by atoms with Crippen LogP contribution < -0.4 is 13.8 Å². The largest absolute Gasteiger partial charge is 0.454 e. The highest BCUT2D eigenvalue weighted by molar-refractivity contribution is 7.92. The molecule has 3 rings (SSSR count). The van der Waals surface area contributed by atoms with Crippen molar-refractivity contribution in [1.29, 1.82) is 0 Å². The van der Waals surface area contributed by atoms with Gasteiger partial charge in [0.25, 0.3) is 10.0 Å². The highest BCUT2D eigenvalue weighted by atomic mass is 32.2. The Bertz CT molecular complexity index is 784. The van der Waals surface area contributed by atoms with Gasteiger partial charge in [-0.25, -0.2) is 8.42 Å². The third kappa shape index (κ3) is 2.50. The van der Waals surface area contributed by atoms with Crippen LogP contribution in [0.5, 0.6) is 11.5 Å². The number of fused-ring (bicyclic) bond motifs is 1. The molecule has 116 valence electrons. The molecule has 1 heterocycles. The average Bonchev–Trinajstić information content (AvgIpc) is 2.96. The van der Waals surface area contributed by atoms with Crippen molar-refractivity contribution in [2.75, 3.05) is 17.6 Å². The molecule has 0 unspecified atom stereocenters. The first-order valence-corrected chi connectivity index (χ1v) is 8.45. The molecular formula is C16H17NO4S. The minimum atomic E-state index is -3.60. The fourth-order valence-electron chi connectivity index (χ4n) is 2.37. The standard InChI is InChI=1S/C16H17NO4S/c1-3-17(13-6-9-15-16(10-13)21-11-20-15)22(18,19)14-7-4-12(2)5-8-14/h4-10H,3,11H2,1-2H3. The number of hydrogen-bond donors (Lipinski definition) is 0. The molecule has 5 nitrogen and oxygen atoms in total. The Balaban J connectivity index is 2.01. The molecule has 0 saturated carbocycles. The van der Waals surface area contributed by atoms with E-state index in [1.165, 1.54) is 4.31 Å². The molecule has 2 aromatic rings. The van der Waals surface area contributed by atoms with Gasteiger partial charge in [-0.1, -0.05) is 17.7 Å². The molecule has 0 saturated heterocycles. The van der Waals surface area contributed by atoms with E-state index in [9.17, 15) is 8.42 Å². The number of sulfonamides is 1. The molecule has 6 heteroatoms. The zero-order valence-electron chi connectivity index (χ0n) is 12.4. The molecule has 0 atom stereocenters. The fourth-order valence-corrected chi connectivity index (χ4v) is 3.83. The summed E-state index contributed by atoms with van der Waals surface area (Å²) in [6.45, 7) is 4.22. The van der Waals surface area contributed by atoms with Gasteiger partial charge in [0.1, 0.15) is 0 Å². The summed E-state index contributed by atoms with van der Waals surface area (Å²) in [6.07, 6.45) is 0. The summed E-state index contributed by atoms with van der Waals surface area (Å²) < 4.78 is 37.6. The number of benzene rings is 2. The summed E-state index contributed by atoms with van der Waals surface area (Å²) in [5.41, 5.74) is 1.58. The van der Waals surface area contributed by atoms with E-state index < -0.39 is 10.0 Å². The topological polar surface area (TPSA) is 55.8 Å². The van der Waals surface area contributed by atoms with Crippen molar-refractivity contribution >= 4 is 15.7 Å². The maximum Gasteiger partial charge on any atom is 0.264 e. The van der Waals surface area contributed by atoms with Crippen molar-refractivity contribution < 1.29 is 17.9 Å². The van der Waals surface area contributed by atoms with Gasteiger partial charge >= 0.3 is 0 Å². The first-order valence-electron chi connectivity index (χ1n) is 7.01. The monoisotopic (exact) mass is 319 g/mol. The number of nitrogens with zero attached hydrogens (tertiary/aromatic N) is 1. The zero-order chi connectivity index (χ0) is 15.7. The van der Waals surface area contributed by atoms with Crippen LogP contribution in [-0.2, 0) is 10.0 Å². The van der Waals surface area contributed by atoms with Crippen LogP contribution in [0.1, 0.15) is 12.5 Å². The van der Waals surface area contributed by atoms with Gasteiger partial charge in [-0.2, -0.15) is 0 Å². The first-order chi connectivity index (χ1) is 10.5. The highest BCUT2D eigenvalue weighted by Crippen LogP contribution is 2.36. The Morgan fingerprint density at radius 3 is 2.41 bits per heavy atom. The van der Waals surface area contributed by atoms with E-state index in [4.69, 9.17) is 9.47 Å². The second kappa shape index (κ2) is 5.53. The second-order valence-electron chi connectivity index (χ2n) is 5.02. The van der Waals surface area contributed by atoms with Gasteiger partial charge in [0.2, 0.25) is 6.79 Å². The maximum atomic E-state index is 12.8. The third-order valence-corrected chi connectivity index (χ3v) is 5.46. The lowest BCUT2D eigenvalue weighted by molar-refractivity contribution is 0.174. The number of anilines is 1. The van der Waals surface area contributed by atoms with Crippen molar-refractivity contribution in [3.63, 3.8) is 0 Å². The lowest BCUT2D eigenvalue weighted by Gasteiger charge is -2.23. The minimum Gasteiger partial charge on any atom is -0.454 e. The summed E-state index contributed by atoms with van der Waals surface area (Å²) in [5, 5.41) is 0. The van der Waals surface area contributed by atoms with Crippen LogP contribution in [0.15, 0.2) is 47.4 Å². The van der Waals surface area contributed by atoms with E-state index in [-0.39, 0.29) is 11.7 Å². The molecule has 0 amide bonds. The van der Waals surface area contributed by atoms with Gasteiger partial charge in [0.15, 0.2) is 11.5 Å². The van der Waals surface area contributed by atoms with E-state index >= 15 is 0 Å². The number of ether oxygens (including phenoxy) is 2. The SMILES string of the molecule is CCN(c1ccc2c(c1)OCO2)S(=O)(=O)c1ccc(C)cc1. The third-order valence-electron chi connectivity index (χ3n) is 3.54. The zero-order valence-corrected chi connectivity index (χ0v) is 13.3. The Labute approximate surface area is 130 Å². The summed E-state index contributed by atoms with van der Waals surface area (Å²) in [5.74, 6) is 1.20. The van der Waals surface area contributed by atoms with Crippen LogP contribution in [0.25, 0.3) is 0 Å². The molecule has 0 fully saturated rings. The van der Waals surface area contributed by atoms with Crippen LogP contribution >= 0.6 is 0 Å². The maximum absolute atomic E-state index is 12.8. The van der Waals surface area contributed by atoms with Crippen LogP contribution in [-0.4, -0.2) is 21.8 Å². The Morgan fingerprint density at radius 1 is 1.05 bits per heavy atom. The van der Waals surface area contributed by atoms with Crippen LogP contribution in [0.4, 0.5) is 5.69 Å². The van der Waals surface area contributed by atoms with Crippen molar-refractivity contribution in [2.24, 2.45) is 0 Å². The van der Waals surface area contributed by atoms with Crippen LogP contribution in [0.2, 0.25) is 0 Å². The van der Waals surface area contributed by atoms with Gasteiger partial charge in [-0.3, -0.25) is 4.31 Å². The van der Waals surface area contributed by atoms with Gasteiger partial charge < -0.3 is 9.47 Å². The first kappa shape index (κ1) is 14.7. The minimum absolute atomic E-state index is 0.162. The summed E-state index contributed by atoms with van der Waals surface area (Å²) in [6, 6.07) is 12.0. The molecule has 22 heavy (non-hydrogen) atoms. The van der Waals surface area contributed by atoms with E-state index in [0.717, 1.165) is 5.56 Å². The predicted octanol–water partition coefficient (Wildman–Crippen LogP) is 2.94. The van der Waals surface area contributed by atoms with E-state index in [2.05, 4.69) is 0 Å². The van der Waals surface area contributed by atoms with Crippen LogP contribution in [0, 0.1) is 6.92 Å². The summed E-state index contributed by atoms with van der Waals surface area (Å²) in [7, 11) is -3.60. The highest BCUT2D eigenvalue weighted by Gasteiger charge is 2.25. The smallest absolute Gasteiger partial charge is 0.264 e. The summed E-state index contributed by atoms with van der Waals surface area (Å²) >= 11 is 0. The molecule has 0 N–H and O–H groups in total. The second-order valence-corrected chi connectivity index (χ2v) is 6.88.